The van der Waals surface area contributed by atoms with E-state index in [2.05, 4.69) is 0 Å². The summed E-state index contributed by atoms with van der Waals surface area (Å²) in [5, 5.41) is 2.07. The fourth-order valence-corrected chi connectivity index (χ4v) is 4.92. The van der Waals surface area contributed by atoms with Gasteiger partial charge >= 0.3 is 0 Å². The molecule has 2 aromatic rings. The fraction of sp³-hybridized carbons (Fsp3) is 0.500. The summed E-state index contributed by atoms with van der Waals surface area (Å²) in [6, 6.07) is 14.0. The zero-order chi connectivity index (χ0) is 20.4. The van der Waals surface area contributed by atoms with E-state index in [9.17, 15) is 9.59 Å². The van der Waals surface area contributed by atoms with Gasteiger partial charge in [0, 0.05) is 43.2 Å². The van der Waals surface area contributed by atoms with Gasteiger partial charge in [-0.3, -0.25) is 9.59 Å². The number of amides is 2. The minimum Gasteiger partial charge on any atom is -0.339 e. The number of fused-ring (bicyclic) bond motifs is 1. The van der Waals surface area contributed by atoms with Gasteiger partial charge in [0.1, 0.15) is 0 Å². The second kappa shape index (κ2) is 8.54. The minimum absolute atomic E-state index is 0.00548. The van der Waals surface area contributed by atoms with Gasteiger partial charge in [-0.1, -0.05) is 36.4 Å². The van der Waals surface area contributed by atoms with Gasteiger partial charge in [0.15, 0.2) is 0 Å². The average molecular weight is 394 g/mol. The van der Waals surface area contributed by atoms with Gasteiger partial charge in [-0.25, -0.2) is 0 Å². The van der Waals surface area contributed by atoms with Crippen molar-refractivity contribution < 1.29 is 9.59 Å². The number of piperidine rings is 2. The van der Waals surface area contributed by atoms with Gasteiger partial charge < -0.3 is 15.5 Å². The first kappa shape index (κ1) is 19.9. The van der Waals surface area contributed by atoms with Crippen LogP contribution in [0.2, 0.25) is 0 Å². The van der Waals surface area contributed by atoms with E-state index in [1.54, 1.807) is 0 Å². The van der Waals surface area contributed by atoms with Crippen LogP contribution in [0.25, 0.3) is 10.8 Å². The normalized spacial score (nSPS) is 21.9. The number of nitrogens with zero attached hydrogens (tertiary/aromatic N) is 2. The molecule has 0 spiro atoms. The van der Waals surface area contributed by atoms with E-state index in [0.29, 0.717) is 13.1 Å². The van der Waals surface area contributed by atoms with Gasteiger partial charge in [-0.2, -0.15) is 0 Å². The van der Waals surface area contributed by atoms with Crippen molar-refractivity contribution in [3.63, 3.8) is 0 Å². The summed E-state index contributed by atoms with van der Waals surface area (Å²) < 4.78 is 0. The van der Waals surface area contributed by atoms with Crippen LogP contribution in [-0.2, 0) is 4.79 Å². The van der Waals surface area contributed by atoms with Gasteiger partial charge in [0.2, 0.25) is 5.91 Å². The standard InChI is InChI=1S/C24H31N3O2/c1-17(25)22-11-4-5-14-27(22)23(28)19-12-15-26(16-13-19)24(29)21-10-6-8-18-7-2-3-9-20(18)21/h2-3,6-10,17,19,22H,4-5,11-16,25H2,1H3. The molecule has 4 rings (SSSR count). The van der Waals surface area contributed by atoms with Crippen LogP contribution in [0.4, 0.5) is 0 Å². The molecule has 0 aromatic heterocycles. The van der Waals surface area contributed by atoms with Crippen LogP contribution in [0.1, 0.15) is 49.4 Å². The first-order valence-electron chi connectivity index (χ1n) is 10.9. The third-order valence-corrected chi connectivity index (χ3v) is 6.59. The number of rotatable bonds is 3. The molecule has 0 bridgehead atoms. The topological polar surface area (TPSA) is 66.6 Å². The molecule has 2 unspecified atom stereocenters. The van der Waals surface area contributed by atoms with Crippen molar-refractivity contribution in [3.8, 4) is 0 Å². The number of hydrogen-bond acceptors (Lipinski definition) is 3. The van der Waals surface area contributed by atoms with Crippen LogP contribution in [0, 0.1) is 5.92 Å². The van der Waals surface area contributed by atoms with E-state index in [1.165, 1.54) is 0 Å². The monoisotopic (exact) mass is 393 g/mol. The molecule has 2 fully saturated rings. The second-order valence-corrected chi connectivity index (χ2v) is 8.55. The number of carbonyl (C=O) groups excluding carboxylic acids is 2. The maximum atomic E-state index is 13.2. The summed E-state index contributed by atoms with van der Waals surface area (Å²) in [5.41, 5.74) is 6.90. The predicted octanol–water partition coefficient (Wildman–Crippen LogP) is 3.42. The highest BCUT2D eigenvalue weighted by molar-refractivity contribution is 6.07. The smallest absolute Gasteiger partial charge is 0.254 e. The first-order chi connectivity index (χ1) is 14.1. The summed E-state index contributed by atoms with van der Waals surface area (Å²) in [7, 11) is 0. The van der Waals surface area contributed by atoms with Gasteiger partial charge in [-0.15, -0.1) is 0 Å². The van der Waals surface area contributed by atoms with Crippen molar-refractivity contribution in [2.75, 3.05) is 19.6 Å². The van der Waals surface area contributed by atoms with E-state index >= 15 is 0 Å². The number of nitrogens with two attached hydrogens (primary N) is 1. The summed E-state index contributed by atoms with van der Waals surface area (Å²) in [6.07, 6.45) is 4.68. The van der Waals surface area contributed by atoms with E-state index in [4.69, 9.17) is 5.73 Å². The van der Waals surface area contributed by atoms with Crippen LogP contribution < -0.4 is 5.73 Å². The molecule has 2 saturated heterocycles. The maximum absolute atomic E-state index is 13.2. The molecule has 2 N–H and O–H groups in total. The van der Waals surface area contributed by atoms with E-state index < -0.39 is 0 Å². The lowest BCUT2D eigenvalue weighted by molar-refractivity contribution is -0.141. The fourth-order valence-electron chi connectivity index (χ4n) is 4.92. The molecule has 154 valence electrons. The molecule has 0 aliphatic carbocycles. The SMILES string of the molecule is CC(N)C1CCCCN1C(=O)C1CCN(C(=O)c2cccc3ccccc23)CC1. The molecule has 2 aliphatic heterocycles. The molecule has 5 nitrogen and oxygen atoms in total. The molecule has 2 aliphatic rings. The zero-order valence-electron chi connectivity index (χ0n) is 17.2. The molecule has 0 radical (unpaired) electrons. The Bertz CT molecular complexity index is 881. The Hall–Kier alpha value is -2.40. The van der Waals surface area contributed by atoms with Gasteiger partial charge in [0.05, 0.1) is 0 Å². The van der Waals surface area contributed by atoms with Crippen molar-refractivity contribution in [2.24, 2.45) is 11.7 Å². The van der Waals surface area contributed by atoms with Crippen LogP contribution >= 0.6 is 0 Å². The lowest BCUT2D eigenvalue weighted by Crippen LogP contribution is -2.54. The summed E-state index contributed by atoms with van der Waals surface area (Å²) in [4.78, 5) is 30.2. The van der Waals surface area contributed by atoms with Crippen molar-refractivity contribution in [1.82, 2.24) is 9.80 Å². The Labute approximate surface area is 172 Å². The van der Waals surface area contributed by atoms with Crippen LogP contribution in [0.5, 0.6) is 0 Å². The van der Waals surface area contributed by atoms with Crippen LogP contribution in [-0.4, -0.2) is 53.3 Å². The molecule has 0 saturated carbocycles. The Morgan fingerprint density at radius 2 is 1.69 bits per heavy atom. The number of carbonyl (C=O) groups is 2. The maximum Gasteiger partial charge on any atom is 0.254 e. The van der Waals surface area contributed by atoms with Crippen molar-refractivity contribution >= 4 is 22.6 Å². The molecule has 2 atom stereocenters. The highest BCUT2D eigenvalue weighted by Gasteiger charge is 2.35. The molecular formula is C24H31N3O2. The molecule has 2 heterocycles. The molecule has 29 heavy (non-hydrogen) atoms. The largest absolute Gasteiger partial charge is 0.339 e. The summed E-state index contributed by atoms with van der Waals surface area (Å²) in [6.45, 7) is 4.09. The van der Waals surface area contributed by atoms with Crippen molar-refractivity contribution in [2.45, 2.75) is 51.1 Å². The minimum atomic E-state index is 0.00548. The molecule has 2 aromatic carbocycles. The highest BCUT2D eigenvalue weighted by Crippen LogP contribution is 2.27. The zero-order valence-corrected chi connectivity index (χ0v) is 17.2. The van der Waals surface area contributed by atoms with Crippen molar-refractivity contribution in [3.05, 3.63) is 48.0 Å². The summed E-state index contributed by atoms with van der Waals surface area (Å²) in [5.74, 6) is 0.314. The van der Waals surface area contributed by atoms with E-state index in [1.807, 2.05) is 59.2 Å². The molecular weight excluding hydrogens is 362 g/mol. The van der Waals surface area contributed by atoms with Gasteiger partial charge in [0.25, 0.3) is 5.91 Å². The van der Waals surface area contributed by atoms with Crippen LogP contribution in [0.3, 0.4) is 0 Å². The third-order valence-electron chi connectivity index (χ3n) is 6.59. The summed E-state index contributed by atoms with van der Waals surface area (Å²) >= 11 is 0. The highest BCUT2D eigenvalue weighted by atomic mass is 16.2. The second-order valence-electron chi connectivity index (χ2n) is 8.55. The van der Waals surface area contributed by atoms with Crippen LogP contribution in [0.15, 0.2) is 42.5 Å². The number of likely N-dealkylation sites (tertiary alicyclic amines) is 2. The third kappa shape index (κ3) is 4.01. The first-order valence-corrected chi connectivity index (χ1v) is 10.9. The van der Waals surface area contributed by atoms with E-state index in [0.717, 1.165) is 55.0 Å². The average Bonchev–Trinajstić information content (AvgIpc) is 2.78. The molecule has 5 heteroatoms. The Balaban J connectivity index is 1.42. The Morgan fingerprint density at radius 3 is 2.45 bits per heavy atom. The Morgan fingerprint density at radius 1 is 0.966 bits per heavy atom. The Kier molecular flexibility index (Phi) is 5.86. The van der Waals surface area contributed by atoms with E-state index in [-0.39, 0.29) is 29.8 Å². The van der Waals surface area contributed by atoms with Gasteiger partial charge in [-0.05, 0) is 55.9 Å². The molecule has 2 amide bonds. The predicted molar refractivity (Wildman–Crippen MR) is 116 cm³/mol. The van der Waals surface area contributed by atoms with Crippen molar-refractivity contribution in [1.29, 1.82) is 0 Å². The number of benzene rings is 2. The number of hydrogen-bond donors (Lipinski definition) is 1. The quantitative estimate of drug-likeness (QED) is 0.869. The lowest BCUT2D eigenvalue weighted by Gasteiger charge is -2.41. The lowest BCUT2D eigenvalue weighted by atomic mass is 9.90.